The molecular weight excluding hydrogens is 208 g/mol. The molecule has 17 heavy (non-hydrogen) atoms. The highest BCUT2D eigenvalue weighted by Gasteiger charge is 2.26. The van der Waals surface area contributed by atoms with Gasteiger partial charge in [-0.3, -0.25) is 0 Å². The maximum Gasteiger partial charge on any atom is 0.0412 e. The van der Waals surface area contributed by atoms with Crippen LogP contribution in [0.4, 0.5) is 5.69 Å². The van der Waals surface area contributed by atoms with Gasteiger partial charge in [0.2, 0.25) is 0 Å². The third-order valence-electron chi connectivity index (χ3n) is 3.89. The van der Waals surface area contributed by atoms with Crippen molar-refractivity contribution in [1.82, 2.24) is 5.32 Å². The summed E-state index contributed by atoms with van der Waals surface area (Å²) in [6, 6.07) is 8.79. The third kappa shape index (κ3) is 2.81. The van der Waals surface area contributed by atoms with Gasteiger partial charge >= 0.3 is 0 Å². The zero-order valence-electron chi connectivity index (χ0n) is 11.2. The summed E-state index contributed by atoms with van der Waals surface area (Å²) >= 11 is 0. The molecule has 0 saturated carbocycles. The van der Waals surface area contributed by atoms with Crippen LogP contribution in [0.5, 0.6) is 0 Å². The number of nitrogens with zero attached hydrogens (tertiary/aromatic N) is 1. The Bertz CT molecular complexity index is 352. The van der Waals surface area contributed by atoms with Crippen molar-refractivity contribution in [2.24, 2.45) is 11.8 Å². The lowest BCUT2D eigenvalue weighted by Gasteiger charge is -2.22. The summed E-state index contributed by atoms with van der Waals surface area (Å²) in [5.74, 6) is 1.62. The molecular formula is C15H24N2. The summed E-state index contributed by atoms with van der Waals surface area (Å²) in [5, 5.41) is 3.42. The zero-order chi connectivity index (χ0) is 12.3. The lowest BCUT2D eigenvalue weighted by Crippen LogP contribution is -2.22. The van der Waals surface area contributed by atoms with Crippen LogP contribution in [-0.4, -0.2) is 19.6 Å². The predicted octanol–water partition coefficient (Wildman–Crippen LogP) is 2.89. The van der Waals surface area contributed by atoms with E-state index in [0.717, 1.165) is 24.9 Å². The van der Waals surface area contributed by atoms with Crippen LogP contribution in [0.2, 0.25) is 0 Å². The summed E-state index contributed by atoms with van der Waals surface area (Å²) in [4.78, 5) is 2.54. The van der Waals surface area contributed by atoms with E-state index in [4.69, 9.17) is 0 Å². The highest BCUT2D eigenvalue weighted by atomic mass is 15.2. The standard InChI is InChI=1S/C15H24N2/c1-4-16-9-14-7-5-6-8-15(14)17-10-12(2)13(3)11-17/h5-8,12-13,16H,4,9-11H2,1-3H3. The fourth-order valence-corrected chi connectivity index (χ4v) is 2.55. The molecule has 2 unspecified atom stereocenters. The van der Waals surface area contributed by atoms with E-state index in [1.54, 1.807) is 0 Å². The van der Waals surface area contributed by atoms with Gasteiger partial charge in [-0.1, -0.05) is 39.0 Å². The minimum absolute atomic E-state index is 0.808. The van der Waals surface area contributed by atoms with Crippen molar-refractivity contribution in [1.29, 1.82) is 0 Å². The fourth-order valence-electron chi connectivity index (χ4n) is 2.55. The molecule has 2 rings (SSSR count). The van der Waals surface area contributed by atoms with Crippen molar-refractivity contribution in [2.45, 2.75) is 27.3 Å². The van der Waals surface area contributed by atoms with E-state index < -0.39 is 0 Å². The minimum Gasteiger partial charge on any atom is -0.371 e. The normalized spacial score (nSPS) is 24.3. The van der Waals surface area contributed by atoms with E-state index in [0.29, 0.717) is 0 Å². The van der Waals surface area contributed by atoms with E-state index in [2.05, 4.69) is 55.3 Å². The van der Waals surface area contributed by atoms with Crippen LogP contribution in [0.3, 0.4) is 0 Å². The maximum atomic E-state index is 3.42. The SMILES string of the molecule is CCNCc1ccccc1N1CC(C)C(C)C1. The van der Waals surface area contributed by atoms with Crippen LogP contribution in [0.25, 0.3) is 0 Å². The van der Waals surface area contributed by atoms with Crippen LogP contribution in [0.15, 0.2) is 24.3 Å². The molecule has 1 N–H and O–H groups in total. The van der Waals surface area contributed by atoms with Gasteiger partial charge in [0.15, 0.2) is 0 Å². The Morgan fingerprint density at radius 3 is 2.47 bits per heavy atom. The molecule has 1 heterocycles. The largest absolute Gasteiger partial charge is 0.371 e. The molecule has 0 aliphatic carbocycles. The molecule has 2 nitrogen and oxygen atoms in total. The van der Waals surface area contributed by atoms with Crippen LogP contribution in [0, 0.1) is 11.8 Å². The van der Waals surface area contributed by atoms with E-state index in [1.165, 1.54) is 24.3 Å². The van der Waals surface area contributed by atoms with Gasteiger partial charge in [-0.25, -0.2) is 0 Å². The molecule has 1 aromatic rings. The average molecular weight is 232 g/mol. The molecule has 2 heteroatoms. The summed E-state index contributed by atoms with van der Waals surface area (Å²) < 4.78 is 0. The van der Waals surface area contributed by atoms with Crippen LogP contribution in [0.1, 0.15) is 26.3 Å². The molecule has 1 fully saturated rings. The molecule has 1 aromatic carbocycles. The Labute approximate surface area is 105 Å². The maximum absolute atomic E-state index is 3.42. The lowest BCUT2D eigenvalue weighted by molar-refractivity contribution is 0.494. The van der Waals surface area contributed by atoms with E-state index in [-0.39, 0.29) is 0 Å². The molecule has 2 atom stereocenters. The van der Waals surface area contributed by atoms with Gasteiger partial charge in [0.25, 0.3) is 0 Å². The average Bonchev–Trinajstić information content (AvgIpc) is 2.67. The van der Waals surface area contributed by atoms with Gasteiger partial charge in [-0.05, 0) is 30.0 Å². The molecule has 0 bridgehead atoms. The molecule has 94 valence electrons. The Hall–Kier alpha value is -1.02. The first-order valence-electron chi connectivity index (χ1n) is 6.76. The number of hydrogen-bond donors (Lipinski definition) is 1. The van der Waals surface area contributed by atoms with Crippen LogP contribution >= 0.6 is 0 Å². The molecule has 1 aliphatic heterocycles. The first-order valence-corrected chi connectivity index (χ1v) is 6.76. The summed E-state index contributed by atoms with van der Waals surface area (Å²) in [6.07, 6.45) is 0. The van der Waals surface area contributed by atoms with Gasteiger partial charge in [0, 0.05) is 25.3 Å². The second-order valence-electron chi connectivity index (χ2n) is 5.27. The smallest absolute Gasteiger partial charge is 0.0412 e. The molecule has 0 spiro atoms. The number of rotatable bonds is 4. The Morgan fingerprint density at radius 2 is 1.82 bits per heavy atom. The van der Waals surface area contributed by atoms with Crippen molar-refractivity contribution < 1.29 is 0 Å². The van der Waals surface area contributed by atoms with Crippen molar-refractivity contribution >= 4 is 5.69 Å². The summed E-state index contributed by atoms with van der Waals surface area (Å²) in [6.45, 7) is 11.3. The molecule has 1 aliphatic rings. The van der Waals surface area contributed by atoms with Gasteiger partial charge < -0.3 is 10.2 Å². The predicted molar refractivity (Wildman–Crippen MR) is 74.4 cm³/mol. The van der Waals surface area contributed by atoms with E-state index in [9.17, 15) is 0 Å². The lowest BCUT2D eigenvalue weighted by atomic mass is 10.0. The van der Waals surface area contributed by atoms with Crippen LogP contribution < -0.4 is 10.2 Å². The van der Waals surface area contributed by atoms with Gasteiger partial charge in [-0.2, -0.15) is 0 Å². The highest BCUT2D eigenvalue weighted by Crippen LogP contribution is 2.29. The zero-order valence-corrected chi connectivity index (χ0v) is 11.2. The number of benzene rings is 1. The first-order chi connectivity index (χ1) is 8.22. The Balaban J connectivity index is 2.14. The van der Waals surface area contributed by atoms with E-state index in [1.807, 2.05) is 0 Å². The summed E-state index contributed by atoms with van der Waals surface area (Å²) in [5.41, 5.74) is 2.85. The minimum atomic E-state index is 0.808. The van der Waals surface area contributed by atoms with Crippen molar-refractivity contribution in [3.8, 4) is 0 Å². The van der Waals surface area contributed by atoms with Crippen molar-refractivity contribution in [3.05, 3.63) is 29.8 Å². The summed E-state index contributed by atoms with van der Waals surface area (Å²) in [7, 11) is 0. The monoisotopic (exact) mass is 232 g/mol. The number of anilines is 1. The Kier molecular flexibility index (Phi) is 4.06. The number of nitrogens with one attached hydrogen (secondary N) is 1. The van der Waals surface area contributed by atoms with E-state index >= 15 is 0 Å². The molecule has 0 radical (unpaired) electrons. The van der Waals surface area contributed by atoms with Gasteiger partial charge in [-0.15, -0.1) is 0 Å². The quantitative estimate of drug-likeness (QED) is 0.858. The fraction of sp³-hybridized carbons (Fsp3) is 0.600. The molecule has 0 aromatic heterocycles. The van der Waals surface area contributed by atoms with Gasteiger partial charge in [0.05, 0.1) is 0 Å². The number of hydrogen-bond acceptors (Lipinski definition) is 2. The van der Waals surface area contributed by atoms with Crippen molar-refractivity contribution in [2.75, 3.05) is 24.5 Å². The molecule has 0 amide bonds. The first kappa shape index (κ1) is 12.4. The second kappa shape index (κ2) is 5.54. The second-order valence-corrected chi connectivity index (χ2v) is 5.27. The highest BCUT2D eigenvalue weighted by molar-refractivity contribution is 5.54. The Morgan fingerprint density at radius 1 is 1.18 bits per heavy atom. The topological polar surface area (TPSA) is 15.3 Å². The van der Waals surface area contributed by atoms with Gasteiger partial charge in [0.1, 0.15) is 0 Å². The third-order valence-corrected chi connectivity index (χ3v) is 3.89. The van der Waals surface area contributed by atoms with Crippen molar-refractivity contribution in [3.63, 3.8) is 0 Å². The number of para-hydroxylation sites is 1. The van der Waals surface area contributed by atoms with Crippen LogP contribution in [-0.2, 0) is 6.54 Å². The molecule has 1 saturated heterocycles.